The van der Waals surface area contributed by atoms with E-state index in [-0.39, 0.29) is 0 Å². The van der Waals surface area contributed by atoms with E-state index in [1.54, 1.807) is 21.0 Å². The van der Waals surface area contributed by atoms with Crippen LogP contribution in [0.5, 0.6) is 5.75 Å². The van der Waals surface area contributed by atoms with Crippen molar-refractivity contribution in [2.24, 2.45) is 5.41 Å². The van der Waals surface area contributed by atoms with E-state index in [9.17, 15) is 10.4 Å². The van der Waals surface area contributed by atoms with Gasteiger partial charge in [0.05, 0.1) is 24.2 Å². The van der Waals surface area contributed by atoms with E-state index in [1.807, 2.05) is 31.2 Å². The molecule has 2 unspecified atom stereocenters. The fourth-order valence-corrected chi connectivity index (χ4v) is 1.92. The molecule has 1 N–H and O–H groups in total. The highest BCUT2D eigenvalue weighted by Crippen LogP contribution is 2.36. The Balaban J connectivity index is 2.91. The normalized spacial score (nSPS) is 17.3. The van der Waals surface area contributed by atoms with Crippen LogP contribution < -0.4 is 4.74 Å². The summed E-state index contributed by atoms with van der Waals surface area (Å²) in [5, 5.41) is 19.8. The molecule has 0 fully saturated rings. The van der Waals surface area contributed by atoms with Crippen molar-refractivity contribution in [2.45, 2.75) is 39.2 Å². The highest BCUT2D eigenvalue weighted by molar-refractivity contribution is 5.28. The Kier molecular flexibility index (Phi) is 4.37. The van der Waals surface area contributed by atoms with Crippen LogP contribution in [0, 0.1) is 16.7 Å². The predicted octanol–water partition coefficient (Wildman–Crippen LogP) is 2.93. The second-order valence-corrected chi connectivity index (χ2v) is 5.10. The molecule has 0 amide bonds. The Morgan fingerprint density at radius 3 is 2.22 bits per heavy atom. The summed E-state index contributed by atoms with van der Waals surface area (Å²) in [4.78, 5) is 0. The number of rotatable bonds is 5. The Hall–Kier alpha value is -1.53. The van der Waals surface area contributed by atoms with Gasteiger partial charge in [0.1, 0.15) is 5.75 Å². The lowest BCUT2D eigenvalue weighted by molar-refractivity contribution is -0.0317. The first kappa shape index (κ1) is 14.5. The van der Waals surface area contributed by atoms with Crippen LogP contribution in [0.4, 0.5) is 0 Å². The molecule has 0 aromatic heterocycles. The SMILES string of the molecule is CCC(C)(C#N)C(C)(O)Cc1ccc(OC)cc1. The first-order chi connectivity index (χ1) is 8.38. The van der Waals surface area contributed by atoms with Crippen LogP contribution in [0.3, 0.4) is 0 Å². The third-order valence-corrected chi connectivity index (χ3v) is 3.85. The number of benzene rings is 1. The number of methoxy groups -OCH3 is 1. The van der Waals surface area contributed by atoms with Gasteiger partial charge in [0.25, 0.3) is 0 Å². The maximum Gasteiger partial charge on any atom is 0.118 e. The largest absolute Gasteiger partial charge is 0.497 e. The molecule has 18 heavy (non-hydrogen) atoms. The first-order valence-electron chi connectivity index (χ1n) is 6.15. The lowest BCUT2D eigenvalue weighted by Gasteiger charge is -2.37. The third-order valence-electron chi connectivity index (χ3n) is 3.85. The highest BCUT2D eigenvalue weighted by atomic mass is 16.5. The molecule has 0 radical (unpaired) electrons. The highest BCUT2D eigenvalue weighted by Gasteiger charge is 2.42. The van der Waals surface area contributed by atoms with Crippen molar-refractivity contribution in [3.05, 3.63) is 29.8 Å². The van der Waals surface area contributed by atoms with Gasteiger partial charge in [0, 0.05) is 6.42 Å². The molecule has 0 saturated carbocycles. The third kappa shape index (κ3) is 2.83. The van der Waals surface area contributed by atoms with Gasteiger partial charge >= 0.3 is 0 Å². The van der Waals surface area contributed by atoms with Crippen LogP contribution in [0.15, 0.2) is 24.3 Å². The van der Waals surface area contributed by atoms with Crippen LogP contribution >= 0.6 is 0 Å². The summed E-state index contributed by atoms with van der Waals surface area (Å²) >= 11 is 0. The molecule has 0 spiro atoms. The van der Waals surface area contributed by atoms with Crippen molar-refractivity contribution < 1.29 is 9.84 Å². The zero-order valence-corrected chi connectivity index (χ0v) is 11.5. The summed E-state index contributed by atoms with van der Waals surface area (Å²) in [7, 11) is 1.62. The number of nitriles is 1. The van der Waals surface area contributed by atoms with Crippen molar-refractivity contribution in [1.29, 1.82) is 5.26 Å². The first-order valence-corrected chi connectivity index (χ1v) is 6.15. The Morgan fingerprint density at radius 2 is 1.83 bits per heavy atom. The van der Waals surface area contributed by atoms with Gasteiger partial charge in [-0.1, -0.05) is 19.1 Å². The van der Waals surface area contributed by atoms with Crippen molar-refractivity contribution in [1.82, 2.24) is 0 Å². The zero-order valence-electron chi connectivity index (χ0n) is 11.5. The van der Waals surface area contributed by atoms with Crippen molar-refractivity contribution in [3.63, 3.8) is 0 Å². The van der Waals surface area contributed by atoms with E-state index >= 15 is 0 Å². The predicted molar refractivity (Wildman–Crippen MR) is 71.3 cm³/mol. The fourth-order valence-electron chi connectivity index (χ4n) is 1.92. The summed E-state index contributed by atoms with van der Waals surface area (Å²) in [5.41, 5.74) is -0.798. The molecule has 2 atom stereocenters. The second kappa shape index (κ2) is 5.41. The minimum absolute atomic E-state index is 0.453. The lowest BCUT2D eigenvalue weighted by Crippen LogP contribution is -2.44. The van der Waals surface area contributed by atoms with Gasteiger partial charge in [-0.15, -0.1) is 0 Å². The number of ether oxygens (including phenoxy) is 1. The molecule has 0 heterocycles. The van der Waals surface area contributed by atoms with Gasteiger partial charge in [-0.25, -0.2) is 0 Å². The molecule has 0 aliphatic heterocycles. The second-order valence-electron chi connectivity index (χ2n) is 5.10. The van der Waals surface area contributed by atoms with Crippen LogP contribution in [0.25, 0.3) is 0 Å². The molecule has 1 aromatic carbocycles. The minimum atomic E-state index is -1.05. The molecule has 0 saturated heterocycles. The van der Waals surface area contributed by atoms with E-state index < -0.39 is 11.0 Å². The molecule has 3 nitrogen and oxygen atoms in total. The van der Waals surface area contributed by atoms with Gasteiger partial charge < -0.3 is 9.84 Å². The van der Waals surface area contributed by atoms with Crippen LogP contribution in [0.2, 0.25) is 0 Å². The fraction of sp³-hybridized carbons (Fsp3) is 0.533. The minimum Gasteiger partial charge on any atom is -0.497 e. The average Bonchev–Trinajstić information content (AvgIpc) is 2.38. The molecule has 98 valence electrons. The summed E-state index contributed by atoms with van der Waals surface area (Å²) < 4.78 is 5.09. The van der Waals surface area contributed by atoms with E-state index in [0.29, 0.717) is 12.8 Å². The summed E-state index contributed by atoms with van der Waals surface area (Å²) in [6.45, 7) is 5.45. The van der Waals surface area contributed by atoms with Crippen molar-refractivity contribution in [2.75, 3.05) is 7.11 Å². The standard InChI is InChI=1S/C15H21NO2/c1-5-14(2,11-16)15(3,17)10-12-6-8-13(18-4)9-7-12/h6-9,17H,5,10H2,1-4H3. The molecular formula is C15H21NO2. The molecular weight excluding hydrogens is 226 g/mol. The number of hydrogen-bond donors (Lipinski definition) is 1. The summed E-state index contributed by atoms with van der Waals surface area (Å²) in [6, 6.07) is 9.80. The monoisotopic (exact) mass is 247 g/mol. The molecule has 0 bridgehead atoms. The zero-order chi connectivity index (χ0) is 13.8. The van der Waals surface area contributed by atoms with Crippen LogP contribution in [-0.2, 0) is 6.42 Å². The van der Waals surface area contributed by atoms with E-state index in [0.717, 1.165) is 11.3 Å². The summed E-state index contributed by atoms with van der Waals surface area (Å²) in [5.74, 6) is 0.789. The average molecular weight is 247 g/mol. The van der Waals surface area contributed by atoms with E-state index in [2.05, 4.69) is 6.07 Å². The topological polar surface area (TPSA) is 53.2 Å². The molecule has 0 aliphatic rings. The maximum absolute atomic E-state index is 10.6. The Bertz CT molecular complexity index is 431. The molecule has 1 aromatic rings. The van der Waals surface area contributed by atoms with Crippen molar-refractivity contribution in [3.8, 4) is 11.8 Å². The number of aliphatic hydroxyl groups is 1. The van der Waals surface area contributed by atoms with Crippen LogP contribution in [0.1, 0.15) is 32.8 Å². The maximum atomic E-state index is 10.6. The van der Waals surface area contributed by atoms with Gasteiger partial charge in [-0.2, -0.15) is 5.26 Å². The van der Waals surface area contributed by atoms with Gasteiger partial charge in [0.2, 0.25) is 0 Å². The Morgan fingerprint density at radius 1 is 1.28 bits per heavy atom. The van der Waals surface area contributed by atoms with Crippen molar-refractivity contribution >= 4 is 0 Å². The molecule has 0 aliphatic carbocycles. The number of nitrogens with zero attached hydrogens (tertiary/aromatic N) is 1. The summed E-state index contributed by atoms with van der Waals surface area (Å²) in [6.07, 6.45) is 1.07. The quantitative estimate of drug-likeness (QED) is 0.870. The lowest BCUT2D eigenvalue weighted by atomic mass is 9.71. The Labute approximate surface area is 109 Å². The van der Waals surface area contributed by atoms with E-state index in [4.69, 9.17) is 4.74 Å². The van der Waals surface area contributed by atoms with Gasteiger partial charge in [0.15, 0.2) is 0 Å². The molecule has 1 rings (SSSR count). The van der Waals surface area contributed by atoms with Gasteiger partial charge in [-0.3, -0.25) is 0 Å². The number of hydrogen-bond acceptors (Lipinski definition) is 3. The van der Waals surface area contributed by atoms with Crippen LogP contribution in [-0.4, -0.2) is 17.8 Å². The smallest absolute Gasteiger partial charge is 0.118 e. The molecule has 3 heteroatoms. The van der Waals surface area contributed by atoms with Gasteiger partial charge in [-0.05, 0) is 38.0 Å². The van der Waals surface area contributed by atoms with E-state index in [1.165, 1.54) is 0 Å².